The molecule has 4 rings (SSSR count). The fraction of sp³-hybridized carbons (Fsp3) is 0.348. The molecule has 0 unspecified atom stereocenters. The molecule has 1 saturated carbocycles. The van der Waals surface area contributed by atoms with Crippen LogP contribution in [0.3, 0.4) is 0 Å². The third kappa shape index (κ3) is 4.75. The number of aromatic nitrogens is 1. The molecule has 0 spiro atoms. The maximum absolute atomic E-state index is 13.6. The lowest BCUT2D eigenvalue weighted by Gasteiger charge is -2.33. The predicted molar refractivity (Wildman–Crippen MR) is 118 cm³/mol. The molecule has 1 heterocycles. The zero-order valence-corrected chi connectivity index (χ0v) is 17.1. The Morgan fingerprint density at radius 2 is 1.72 bits per heavy atom. The first-order valence-corrected chi connectivity index (χ1v) is 10.6. The molecule has 0 aliphatic heterocycles. The van der Waals surface area contributed by atoms with Gasteiger partial charge in [0.1, 0.15) is 11.6 Å². The van der Waals surface area contributed by atoms with Gasteiger partial charge in [-0.2, -0.15) is 0 Å². The van der Waals surface area contributed by atoms with Crippen molar-refractivity contribution in [1.82, 2.24) is 9.88 Å². The molecule has 6 heteroatoms. The number of halogens is 2. The normalized spacial score (nSPS) is 15.2. The van der Waals surface area contributed by atoms with Gasteiger partial charge < -0.3 is 15.2 Å². The zero-order chi connectivity index (χ0) is 20.2. The number of hydrogen-bond donors (Lipinski definition) is 2. The van der Waals surface area contributed by atoms with Crippen molar-refractivity contribution < 1.29 is 8.78 Å². The Labute approximate surface area is 175 Å². The number of aromatic amines is 1. The molecule has 29 heavy (non-hydrogen) atoms. The SMILES string of the molecule is Fc1cc(F)cc(NC(=S)N(Cc2c[nH]c3ccccc23)C2CCCCCC2)c1. The van der Waals surface area contributed by atoms with E-state index in [1.54, 1.807) is 0 Å². The highest BCUT2D eigenvalue weighted by molar-refractivity contribution is 7.80. The Kier molecular flexibility index (Phi) is 6.09. The van der Waals surface area contributed by atoms with Crippen LogP contribution >= 0.6 is 12.2 Å². The van der Waals surface area contributed by atoms with Crippen molar-refractivity contribution in [3.63, 3.8) is 0 Å². The molecule has 0 radical (unpaired) electrons. The molecule has 0 amide bonds. The van der Waals surface area contributed by atoms with Crippen molar-refractivity contribution in [2.75, 3.05) is 5.32 Å². The summed E-state index contributed by atoms with van der Waals surface area (Å²) in [5.41, 5.74) is 2.60. The summed E-state index contributed by atoms with van der Waals surface area (Å²) >= 11 is 5.72. The van der Waals surface area contributed by atoms with Crippen molar-refractivity contribution >= 4 is 33.9 Å². The van der Waals surface area contributed by atoms with E-state index >= 15 is 0 Å². The number of para-hydroxylation sites is 1. The van der Waals surface area contributed by atoms with Crippen molar-refractivity contribution in [2.24, 2.45) is 0 Å². The average Bonchev–Trinajstić information content (AvgIpc) is 2.90. The molecular weight excluding hydrogens is 388 g/mol. The minimum atomic E-state index is -0.618. The topological polar surface area (TPSA) is 31.1 Å². The second kappa shape index (κ2) is 8.91. The first-order valence-electron chi connectivity index (χ1n) is 10.2. The molecule has 0 saturated heterocycles. The van der Waals surface area contributed by atoms with Crippen molar-refractivity contribution in [2.45, 2.75) is 51.1 Å². The lowest BCUT2D eigenvalue weighted by molar-refractivity contribution is 0.281. The second-order valence-electron chi connectivity index (χ2n) is 7.72. The number of fused-ring (bicyclic) bond motifs is 1. The van der Waals surface area contributed by atoms with E-state index in [0.29, 0.717) is 23.4 Å². The van der Waals surface area contributed by atoms with E-state index < -0.39 is 11.6 Å². The van der Waals surface area contributed by atoms with E-state index in [9.17, 15) is 8.78 Å². The van der Waals surface area contributed by atoms with Crippen molar-refractivity contribution in [3.8, 4) is 0 Å². The third-order valence-corrected chi connectivity index (χ3v) is 5.99. The van der Waals surface area contributed by atoms with E-state index in [0.717, 1.165) is 24.4 Å². The molecule has 1 aliphatic rings. The maximum atomic E-state index is 13.6. The summed E-state index contributed by atoms with van der Waals surface area (Å²) in [6, 6.07) is 11.9. The number of thiocarbonyl (C=S) groups is 1. The fourth-order valence-corrected chi connectivity index (χ4v) is 4.53. The Bertz CT molecular complexity index is 972. The first kappa shape index (κ1) is 19.8. The molecule has 152 valence electrons. The van der Waals surface area contributed by atoms with Gasteiger partial charge in [0, 0.05) is 41.4 Å². The molecule has 0 bridgehead atoms. The minimum absolute atomic E-state index is 0.310. The molecule has 0 atom stereocenters. The van der Waals surface area contributed by atoms with Gasteiger partial charge in [-0.3, -0.25) is 0 Å². The van der Waals surface area contributed by atoms with Gasteiger partial charge in [0.05, 0.1) is 0 Å². The van der Waals surface area contributed by atoms with Crippen molar-refractivity contribution in [1.29, 1.82) is 0 Å². The van der Waals surface area contributed by atoms with Crippen LogP contribution in [0.15, 0.2) is 48.7 Å². The monoisotopic (exact) mass is 413 g/mol. The summed E-state index contributed by atoms with van der Waals surface area (Å²) < 4.78 is 27.3. The molecular formula is C23H25F2N3S. The third-order valence-electron chi connectivity index (χ3n) is 5.66. The van der Waals surface area contributed by atoms with E-state index in [1.807, 2.05) is 18.3 Å². The lowest BCUT2D eigenvalue weighted by atomic mass is 10.1. The van der Waals surface area contributed by atoms with Gasteiger partial charge in [-0.15, -0.1) is 0 Å². The van der Waals surface area contributed by atoms with Crippen LogP contribution < -0.4 is 5.32 Å². The summed E-state index contributed by atoms with van der Waals surface area (Å²) in [6.07, 6.45) is 9.00. The quantitative estimate of drug-likeness (QED) is 0.385. The van der Waals surface area contributed by atoms with Gasteiger partial charge in [-0.05, 0) is 48.8 Å². The molecule has 2 aromatic carbocycles. The van der Waals surface area contributed by atoms with Crippen LogP contribution in [0, 0.1) is 11.6 Å². The summed E-state index contributed by atoms with van der Waals surface area (Å²) in [5.74, 6) is -1.24. The number of benzene rings is 2. The van der Waals surface area contributed by atoms with E-state index in [1.165, 1.54) is 48.8 Å². The highest BCUT2D eigenvalue weighted by Gasteiger charge is 2.24. The zero-order valence-electron chi connectivity index (χ0n) is 16.3. The van der Waals surface area contributed by atoms with E-state index in [4.69, 9.17) is 12.2 Å². The van der Waals surface area contributed by atoms with Crippen LogP contribution in [0.1, 0.15) is 44.1 Å². The van der Waals surface area contributed by atoms with Crippen LogP contribution in [0.4, 0.5) is 14.5 Å². The number of hydrogen-bond acceptors (Lipinski definition) is 1. The fourth-order valence-electron chi connectivity index (χ4n) is 4.20. The van der Waals surface area contributed by atoms with Crippen LogP contribution in [-0.2, 0) is 6.54 Å². The number of nitrogens with zero attached hydrogens (tertiary/aromatic N) is 1. The van der Waals surface area contributed by atoms with Gasteiger partial charge in [0.15, 0.2) is 5.11 Å². The number of rotatable bonds is 4. The molecule has 3 aromatic rings. The molecule has 1 aliphatic carbocycles. The smallest absolute Gasteiger partial charge is 0.173 e. The molecule has 1 aromatic heterocycles. The van der Waals surface area contributed by atoms with Crippen LogP contribution in [0.2, 0.25) is 0 Å². The highest BCUT2D eigenvalue weighted by atomic mass is 32.1. The summed E-state index contributed by atoms with van der Waals surface area (Å²) in [5, 5.41) is 4.75. The lowest BCUT2D eigenvalue weighted by Crippen LogP contribution is -2.42. The Balaban J connectivity index is 1.61. The average molecular weight is 414 g/mol. The highest BCUT2D eigenvalue weighted by Crippen LogP contribution is 2.27. The Morgan fingerprint density at radius 3 is 2.45 bits per heavy atom. The summed E-state index contributed by atoms with van der Waals surface area (Å²) in [4.78, 5) is 5.52. The van der Waals surface area contributed by atoms with Crippen LogP contribution in [0.25, 0.3) is 10.9 Å². The Hall–Kier alpha value is -2.47. The molecule has 3 nitrogen and oxygen atoms in total. The van der Waals surface area contributed by atoms with Gasteiger partial charge in [-0.1, -0.05) is 43.9 Å². The summed E-state index contributed by atoms with van der Waals surface area (Å²) in [7, 11) is 0. The van der Waals surface area contributed by atoms with Gasteiger partial charge in [0.2, 0.25) is 0 Å². The van der Waals surface area contributed by atoms with E-state index in [-0.39, 0.29) is 0 Å². The molecule has 1 fully saturated rings. The van der Waals surface area contributed by atoms with Crippen molar-refractivity contribution in [3.05, 3.63) is 65.9 Å². The number of nitrogens with one attached hydrogen (secondary N) is 2. The number of anilines is 1. The second-order valence-corrected chi connectivity index (χ2v) is 8.11. The largest absolute Gasteiger partial charge is 0.361 e. The predicted octanol–water partition coefficient (Wildman–Crippen LogP) is 6.37. The summed E-state index contributed by atoms with van der Waals surface area (Å²) in [6.45, 7) is 0.651. The first-order chi connectivity index (χ1) is 14.1. The Morgan fingerprint density at radius 1 is 1.03 bits per heavy atom. The number of H-pyrrole nitrogens is 1. The standard InChI is InChI=1S/C23H25F2N3S/c24-17-11-18(25)13-19(12-17)27-23(29)28(20-7-3-1-2-4-8-20)15-16-14-26-22-10-6-5-9-21(16)22/h5-6,9-14,20,26H,1-4,7-8,15H2,(H,27,29). The van der Waals surface area contributed by atoms with Crippen LogP contribution in [-0.4, -0.2) is 21.0 Å². The van der Waals surface area contributed by atoms with Crippen LogP contribution in [0.5, 0.6) is 0 Å². The van der Waals surface area contributed by atoms with E-state index in [2.05, 4.69) is 27.3 Å². The maximum Gasteiger partial charge on any atom is 0.173 e. The van der Waals surface area contributed by atoms with Gasteiger partial charge in [-0.25, -0.2) is 8.78 Å². The molecule has 2 N–H and O–H groups in total. The minimum Gasteiger partial charge on any atom is -0.361 e. The van der Waals surface area contributed by atoms with Gasteiger partial charge in [0.25, 0.3) is 0 Å². The van der Waals surface area contributed by atoms with Gasteiger partial charge >= 0.3 is 0 Å².